The topological polar surface area (TPSA) is 80.3 Å². The average molecular weight is 727 g/mol. The Hall–Kier alpha value is -2.92. The number of hydrogen-bond donors (Lipinski definition) is 0. The molecule has 4 unspecified atom stereocenters. The van der Waals surface area contributed by atoms with Gasteiger partial charge in [-0.15, -0.1) is 0 Å². The summed E-state index contributed by atoms with van der Waals surface area (Å²) < 4.78 is 34.9. The summed E-state index contributed by atoms with van der Waals surface area (Å²) in [5.41, 5.74) is 2.47. The fourth-order valence-electron chi connectivity index (χ4n) is 8.64. The molecule has 2 aromatic carbocycles. The number of piperazine rings is 1. The lowest BCUT2D eigenvalue weighted by Crippen LogP contribution is -2.57. The summed E-state index contributed by atoms with van der Waals surface area (Å²) in [6, 6.07) is 6.66. The molecule has 5 aliphatic rings. The number of anilines is 1. The summed E-state index contributed by atoms with van der Waals surface area (Å²) in [5.74, 6) is 0.335. The first kappa shape index (κ1) is 34.2. The highest BCUT2D eigenvalue weighted by Gasteiger charge is 2.45. The number of rotatable bonds is 8. The van der Waals surface area contributed by atoms with Crippen molar-refractivity contribution >= 4 is 46.0 Å². The minimum absolute atomic E-state index is 0.0583. The number of fused-ring (bicyclic) bond motifs is 5. The molecule has 0 N–H and O–H groups in total. The van der Waals surface area contributed by atoms with E-state index in [4.69, 9.17) is 47.4 Å². The van der Waals surface area contributed by atoms with Crippen LogP contribution in [0.25, 0.3) is 22.0 Å². The Morgan fingerprint density at radius 1 is 0.960 bits per heavy atom. The van der Waals surface area contributed by atoms with Gasteiger partial charge in [-0.2, -0.15) is 9.97 Å². The smallest absolute Gasteiger partial charge is 0.410 e. The van der Waals surface area contributed by atoms with E-state index in [-0.39, 0.29) is 40.6 Å². The van der Waals surface area contributed by atoms with Crippen molar-refractivity contribution < 1.29 is 23.4 Å². The van der Waals surface area contributed by atoms with E-state index < -0.39 is 11.4 Å². The highest BCUT2D eigenvalue weighted by molar-refractivity contribution is 6.35. The lowest BCUT2D eigenvalue weighted by molar-refractivity contribution is -0.0161. The van der Waals surface area contributed by atoms with E-state index in [1.807, 2.05) is 44.7 Å². The Balaban J connectivity index is 1.14. The first-order chi connectivity index (χ1) is 23.9. The molecule has 0 radical (unpaired) electrons. The van der Waals surface area contributed by atoms with Gasteiger partial charge in [0.25, 0.3) is 0 Å². The van der Waals surface area contributed by atoms with E-state index >= 15 is 4.39 Å². The van der Waals surface area contributed by atoms with Gasteiger partial charge < -0.3 is 19.1 Å². The quantitative estimate of drug-likeness (QED) is 0.215. The molecule has 1 amide bonds. The molecular weight excluding hydrogens is 680 g/mol. The number of aromatic nitrogens is 2. The molecule has 1 aliphatic carbocycles. The molecular formula is C38H46Cl2FN5O4. The number of morpholine rings is 1. The molecule has 4 bridgehead atoms. The second-order valence-corrected chi connectivity index (χ2v) is 16.6. The van der Waals surface area contributed by atoms with Crippen molar-refractivity contribution in [3.8, 4) is 17.1 Å². The van der Waals surface area contributed by atoms with Crippen LogP contribution in [0.2, 0.25) is 10.0 Å². The first-order valence-corrected chi connectivity index (χ1v) is 18.9. The zero-order chi connectivity index (χ0) is 34.9. The second kappa shape index (κ2) is 13.2. The Morgan fingerprint density at radius 2 is 1.64 bits per heavy atom. The van der Waals surface area contributed by atoms with Crippen LogP contribution in [-0.2, 0) is 9.47 Å². The van der Waals surface area contributed by atoms with Crippen molar-refractivity contribution in [2.24, 2.45) is 0 Å². The van der Waals surface area contributed by atoms with Crippen LogP contribution in [0.3, 0.4) is 0 Å². The molecule has 0 spiro atoms. The molecule has 4 aliphatic heterocycles. The van der Waals surface area contributed by atoms with Gasteiger partial charge >= 0.3 is 12.1 Å². The Morgan fingerprint density at radius 3 is 2.30 bits per heavy atom. The molecule has 4 atom stereocenters. The van der Waals surface area contributed by atoms with Crippen LogP contribution in [0.4, 0.5) is 15.0 Å². The van der Waals surface area contributed by atoms with Crippen LogP contribution in [0, 0.1) is 12.7 Å². The number of carbonyl (C=O) groups excluding carboxylic acids is 1. The summed E-state index contributed by atoms with van der Waals surface area (Å²) >= 11 is 13.8. The van der Waals surface area contributed by atoms with Gasteiger partial charge in [-0.05, 0) is 107 Å². The van der Waals surface area contributed by atoms with E-state index in [0.29, 0.717) is 59.1 Å². The minimum atomic E-state index is -0.586. The van der Waals surface area contributed by atoms with Gasteiger partial charge in [0.05, 0.1) is 36.9 Å². The zero-order valence-electron chi connectivity index (χ0n) is 29.3. The predicted molar refractivity (Wildman–Crippen MR) is 193 cm³/mol. The molecule has 50 heavy (non-hydrogen) atoms. The van der Waals surface area contributed by atoms with Crippen molar-refractivity contribution in [1.82, 2.24) is 19.8 Å². The number of nitrogens with zero attached hydrogens (tertiary/aromatic N) is 5. The van der Waals surface area contributed by atoms with Gasteiger partial charge in [0, 0.05) is 47.7 Å². The maximum absolute atomic E-state index is 17.1. The van der Waals surface area contributed by atoms with Gasteiger partial charge in [-0.3, -0.25) is 9.80 Å². The van der Waals surface area contributed by atoms with E-state index in [1.165, 1.54) is 12.8 Å². The van der Waals surface area contributed by atoms with Crippen molar-refractivity contribution in [3.63, 3.8) is 0 Å². The van der Waals surface area contributed by atoms with E-state index in [0.717, 1.165) is 63.0 Å². The van der Waals surface area contributed by atoms with Crippen LogP contribution in [0.5, 0.6) is 6.01 Å². The number of hydrogen-bond acceptors (Lipinski definition) is 8. The van der Waals surface area contributed by atoms with Gasteiger partial charge in [-0.1, -0.05) is 29.3 Å². The molecule has 268 valence electrons. The highest BCUT2D eigenvalue weighted by Crippen LogP contribution is 2.50. The normalized spacial score (nSPS) is 25.1. The third-order valence-corrected chi connectivity index (χ3v) is 11.6. The predicted octanol–water partition coefficient (Wildman–Crippen LogP) is 8.15. The van der Waals surface area contributed by atoms with Crippen molar-refractivity contribution in [3.05, 3.63) is 45.2 Å². The largest absolute Gasteiger partial charge is 0.463 e. The first-order valence-electron chi connectivity index (χ1n) is 18.2. The third-order valence-electron chi connectivity index (χ3n) is 10.9. The van der Waals surface area contributed by atoms with E-state index in [2.05, 4.69) is 9.80 Å². The fraction of sp³-hybridized carbons (Fsp3) is 0.605. The lowest BCUT2D eigenvalue weighted by Gasteiger charge is -2.42. The molecule has 8 rings (SSSR count). The maximum Gasteiger partial charge on any atom is 0.410 e. The number of benzene rings is 2. The summed E-state index contributed by atoms with van der Waals surface area (Å²) in [5, 5.41) is 1.44. The molecule has 4 saturated heterocycles. The fourth-order valence-corrected chi connectivity index (χ4v) is 9.36. The monoisotopic (exact) mass is 725 g/mol. The second-order valence-electron chi connectivity index (χ2n) is 15.8. The number of ether oxygens (including phenoxy) is 3. The zero-order valence-corrected chi connectivity index (χ0v) is 30.8. The molecule has 5 heterocycles. The van der Waals surface area contributed by atoms with Crippen LogP contribution in [0.1, 0.15) is 82.8 Å². The van der Waals surface area contributed by atoms with Gasteiger partial charge in [0.15, 0.2) is 5.82 Å². The molecule has 1 aromatic heterocycles. The molecule has 9 nitrogen and oxygen atoms in total. The summed E-state index contributed by atoms with van der Waals surface area (Å²) in [6.45, 7) is 11.5. The van der Waals surface area contributed by atoms with Crippen molar-refractivity contribution in [2.45, 2.75) is 108 Å². The van der Waals surface area contributed by atoms with Crippen molar-refractivity contribution in [2.75, 3.05) is 44.4 Å². The van der Waals surface area contributed by atoms with Crippen LogP contribution < -0.4 is 9.64 Å². The van der Waals surface area contributed by atoms with Crippen LogP contribution in [0.15, 0.2) is 18.2 Å². The summed E-state index contributed by atoms with van der Waals surface area (Å²) in [6.07, 6.45) is 6.57. The van der Waals surface area contributed by atoms with E-state index in [9.17, 15) is 4.79 Å². The Labute approximate surface area is 303 Å². The highest BCUT2D eigenvalue weighted by atomic mass is 35.5. The SMILES string of the molecule is Cc1cc(Cl)c(C2CC2)c(-c2c(Cl)cc3c(N4CC5CCC(C4)N5C(=O)OC(C)(C)C)nc(OCCCN4C5CCC4COC5)nc3c2F)c1. The number of halogens is 3. The Bertz CT molecular complexity index is 1790. The minimum Gasteiger partial charge on any atom is -0.463 e. The molecule has 12 heteroatoms. The number of amides is 1. The van der Waals surface area contributed by atoms with Crippen molar-refractivity contribution in [1.29, 1.82) is 0 Å². The summed E-state index contributed by atoms with van der Waals surface area (Å²) in [4.78, 5) is 29.4. The van der Waals surface area contributed by atoms with Gasteiger partial charge in [-0.25, -0.2) is 9.18 Å². The molecule has 3 aromatic rings. The number of carbonyl (C=O) groups is 1. The maximum atomic E-state index is 17.1. The van der Waals surface area contributed by atoms with Gasteiger partial charge in [0.1, 0.15) is 16.9 Å². The summed E-state index contributed by atoms with van der Waals surface area (Å²) in [7, 11) is 0. The van der Waals surface area contributed by atoms with E-state index in [1.54, 1.807) is 6.07 Å². The molecule has 5 fully saturated rings. The standard InChI is InChI=1S/C38H46Cl2FN5O4/c1-21-14-27(31(22-6-7-22)29(39)15-21)32-30(40)16-28-34(33(32)41)42-36(49-13-5-12-45-25-10-11-26(45)20-48-19-25)43-35(28)44-17-23-8-9-24(18-44)46(23)37(47)50-38(2,3)4/h14-16,22-26H,5-13,17-20H2,1-4H3. The van der Waals surface area contributed by atoms with Crippen LogP contribution in [-0.4, -0.2) is 95.1 Å². The van der Waals surface area contributed by atoms with Gasteiger partial charge in [0.2, 0.25) is 0 Å². The Kier molecular flexibility index (Phi) is 9.06. The lowest BCUT2D eigenvalue weighted by atomic mass is 9.93. The number of aryl methyl sites for hydroxylation is 1. The molecule has 1 saturated carbocycles. The van der Waals surface area contributed by atoms with Crippen LogP contribution >= 0.6 is 23.2 Å². The third kappa shape index (κ3) is 6.50. The average Bonchev–Trinajstić information content (AvgIpc) is 3.81.